The Labute approximate surface area is 121 Å². The van der Waals surface area contributed by atoms with Crippen molar-refractivity contribution in [2.24, 2.45) is 0 Å². The second kappa shape index (κ2) is 6.49. The van der Waals surface area contributed by atoms with E-state index in [2.05, 4.69) is 4.98 Å². The van der Waals surface area contributed by atoms with Crippen LogP contribution in [-0.4, -0.2) is 43.4 Å². The van der Waals surface area contributed by atoms with Gasteiger partial charge < -0.3 is 14.7 Å². The maximum absolute atomic E-state index is 11.4. The zero-order valence-corrected chi connectivity index (χ0v) is 12.2. The van der Waals surface area contributed by atoms with Gasteiger partial charge in [0.25, 0.3) is 0 Å². The molecule has 0 saturated heterocycles. The fraction of sp³-hybridized carbons (Fsp3) is 0.286. The Morgan fingerprint density at radius 1 is 1.40 bits per heavy atom. The van der Waals surface area contributed by atoms with Crippen molar-refractivity contribution in [2.45, 2.75) is 0 Å². The Bertz CT molecular complexity index is 583. The van der Waals surface area contributed by atoms with Crippen molar-refractivity contribution >= 4 is 22.4 Å². The minimum Gasteiger partial charge on any atom is -0.477 e. The van der Waals surface area contributed by atoms with Gasteiger partial charge in [0, 0.05) is 26.3 Å². The van der Waals surface area contributed by atoms with E-state index in [1.165, 1.54) is 11.3 Å². The molecule has 1 heterocycles. The van der Waals surface area contributed by atoms with Gasteiger partial charge in [0.05, 0.1) is 12.3 Å². The molecule has 0 atom stereocenters. The summed E-state index contributed by atoms with van der Waals surface area (Å²) >= 11 is 1.18. The number of rotatable bonds is 6. The lowest BCUT2D eigenvalue weighted by Crippen LogP contribution is -2.21. The van der Waals surface area contributed by atoms with Crippen LogP contribution < -0.4 is 4.90 Å². The number of methoxy groups -OCH3 is 1. The van der Waals surface area contributed by atoms with Gasteiger partial charge in [0.2, 0.25) is 0 Å². The van der Waals surface area contributed by atoms with Gasteiger partial charge in [-0.3, -0.25) is 0 Å². The number of carboxylic acid groups (broad SMARTS) is 1. The van der Waals surface area contributed by atoms with Gasteiger partial charge in [0.15, 0.2) is 5.13 Å². The Kier molecular flexibility index (Phi) is 4.70. The highest BCUT2D eigenvalue weighted by molar-refractivity contribution is 7.17. The number of anilines is 1. The highest BCUT2D eigenvalue weighted by atomic mass is 32.1. The summed E-state index contributed by atoms with van der Waals surface area (Å²) < 4.78 is 5.02. The van der Waals surface area contributed by atoms with Crippen molar-refractivity contribution in [1.29, 1.82) is 0 Å². The molecule has 2 aromatic rings. The van der Waals surface area contributed by atoms with Crippen LogP contribution in [0.4, 0.5) is 5.13 Å². The summed E-state index contributed by atoms with van der Waals surface area (Å²) in [5.41, 5.74) is 1.33. The second-order valence-electron chi connectivity index (χ2n) is 4.26. The first-order chi connectivity index (χ1) is 9.63. The number of benzene rings is 1. The van der Waals surface area contributed by atoms with Crippen LogP contribution >= 0.6 is 11.3 Å². The molecule has 0 saturated carbocycles. The third-order valence-corrected chi connectivity index (χ3v) is 3.97. The van der Waals surface area contributed by atoms with Gasteiger partial charge in [-0.1, -0.05) is 41.7 Å². The van der Waals surface area contributed by atoms with Gasteiger partial charge in [-0.2, -0.15) is 0 Å². The molecule has 1 aromatic heterocycles. The highest BCUT2D eigenvalue weighted by Crippen LogP contribution is 2.32. The third kappa shape index (κ3) is 3.15. The quantitative estimate of drug-likeness (QED) is 0.886. The van der Waals surface area contributed by atoms with E-state index >= 15 is 0 Å². The maximum atomic E-state index is 11.4. The number of aromatic carboxylic acids is 1. The molecular formula is C14H16N2O3S. The van der Waals surface area contributed by atoms with E-state index in [1.807, 2.05) is 42.3 Å². The molecule has 0 aliphatic carbocycles. The standard InChI is InChI=1S/C14H16N2O3S/c1-16(8-9-19-2)14-15-11(12(20-14)13(17)18)10-6-4-3-5-7-10/h3-7H,8-9H2,1-2H3,(H,17,18). The number of thiazole rings is 1. The molecule has 106 valence electrons. The molecule has 0 radical (unpaired) electrons. The second-order valence-corrected chi connectivity index (χ2v) is 5.24. The van der Waals surface area contributed by atoms with Crippen LogP contribution in [0.3, 0.4) is 0 Å². The van der Waals surface area contributed by atoms with E-state index in [1.54, 1.807) is 7.11 Å². The molecular weight excluding hydrogens is 276 g/mol. The summed E-state index contributed by atoms with van der Waals surface area (Å²) in [6.07, 6.45) is 0. The molecule has 0 aliphatic rings. The van der Waals surface area contributed by atoms with Crippen LogP contribution in [0, 0.1) is 0 Å². The molecule has 0 unspecified atom stereocenters. The van der Waals surface area contributed by atoms with Crippen molar-refractivity contribution in [3.8, 4) is 11.3 Å². The van der Waals surface area contributed by atoms with Gasteiger partial charge >= 0.3 is 5.97 Å². The molecule has 1 aromatic carbocycles. The van der Waals surface area contributed by atoms with Crippen LogP contribution in [0.2, 0.25) is 0 Å². The molecule has 0 fully saturated rings. The van der Waals surface area contributed by atoms with Crippen molar-refractivity contribution in [1.82, 2.24) is 4.98 Å². The maximum Gasteiger partial charge on any atom is 0.348 e. The Morgan fingerprint density at radius 2 is 2.10 bits per heavy atom. The minimum atomic E-state index is -0.951. The van der Waals surface area contributed by atoms with Gasteiger partial charge in [-0.05, 0) is 0 Å². The zero-order valence-electron chi connectivity index (χ0n) is 11.4. The highest BCUT2D eigenvalue weighted by Gasteiger charge is 2.20. The molecule has 0 spiro atoms. The number of hydrogen-bond donors (Lipinski definition) is 1. The first-order valence-electron chi connectivity index (χ1n) is 6.13. The zero-order chi connectivity index (χ0) is 14.5. The number of carboxylic acids is 1. The molecule has 0 amide bonds. The fourth-order valence-electron chi connectivity index (χ4n) is 1.73. The smallest absolute Gasteiger partial charge is 0.348 e. The summed E-state index contributed by atoms with van der Waals surface area (Å²) in [4.78, 5) is 18.0. The predicted octanol–water partition coefficient (Wildman–Crippen LogP) is 2.59. The average Bonchev–Trinajstić information content (AvgIpc) is 2.91. The van der Waals surface area contributed by atoms with Gasteiger partial charge in [-0.15, -0.1) is 0 Å². The number of nitrogens with zero attached hydrogens (tertiary/aromatic N) is 2. The molecule has 6 heteroatoms. The lowest BCUT2D eigenvalue weighted by molar-refractivity contribution is 0.0702. The number of likely N-dealkylation sites (N-methyl/N-ethyl adjacent to an activating group) is 1. The SMILES string of the molecule is COCCN(C)c1nc(-c2ccccc2)c(C(=O)O)s1. The van der Waals surface area contributed by atoms with E-state index < -0.39 is 5.97 Å². The normalized spacial score (nSPS) is 10.5. The fourth-order valence-corrected chi connectivity index (χ4v) is 2.65. The summed E-state index contributed by atoms with van der Waals surface area (Å²) in [6.45, 7) is 1.23. The lowest BCUT2D eigenvalue weighted by atomic mass is 10.1. The molecule has 1 N–H and O–H groups in total. The Hall–Kier alpha value is -1.92. The van der Waals surface area contributed by atoms with Crippen LogP contribution in [0.1, 0.15) is 9.67 Å². The van der Waals surface area contributed by atoms with E-state index in [0.29, 0.717) is 24.0 Å². The molecule has 0 aliphatic heterocycles. The Morgan fingerprint density at radius 3 is 2.70 bits per heavy atom. The number of carbonyl (C=O) groups is 1. The largest absolute Gasteiger partial charge is 0.477 e. The number of ether oxygens (including phenoxy) is 1. The van der Waals surface area contributed by atoms with Crippen LogP contribution in [0.15, 0.2) is 30.3 Å². The van der Waals surface area contributed by atoms with Crippen molar-refractivity contribution < 1.29 is 14.6 Å². The van der Waals surface area contributed by atoms with Crippen molar-refractivity contribution in [3.05, 3.63) is 35.2 Å². The van der Waals surface area contributed by atoms with Gasteiger partial charge in [0.1, 0.15) is 4.88 Å². The van der Waals surface area contributed by atoms with Crippen LogP contribution in [-0.2, 0) is 4.74 Å². The minimum absolute atomic E-state index is 0.260. The number of hydrogen-bond acceptors (Lipinski definition) is 5. The first kappa shape index (κ1) is 14.5. The third-order valence-electron chi connectivity index (χ3n) is 2.81. The van der Waals surface area contributed by atoms with Crippen molar-refractivity contribution in [3.63, 3.8) is 0 Å². The molecule has 0 bridgehead atoms. The first-order valence-corrected chi connectivity index (χ1v) is 6.94. The average molecular weight is 292 g/mol. The van der Waals surface area contributed by atoms with Gasteiger partial charge in [-0.25, -0.2) is 9.78 Å². The lowest BCUT2D eigenvalue weighted by Gasteiger charge is -2.14. The van der Waals surface area contributed by atoms with E-state index in [0.717, 1.165) is 5.56 Å². The summed E-state index contributed by atoms with van der Waals surface area (Å²) in [5.74, 6) is -0.951. The Balaban J connectivity index is 2.36. The molecule has 5 nitrogen and oxygen atoms in total. The summed E-state index contributed by atoms with van der Waals surface area (Å²) in [5, 5.41) is 10.0. The van der Waals surface area contributed by atoms with E-state index in [9.17, 15) is 9.90 Å². The molecule has 2 rings (SSSR count). The molecule has 20 heavy (non-hydrogen) atoms. The van der Waals surface area contributed by atoms with Crippen molar-refractivity contribution in [2.75, 3.05) is 32.2 Å². The van der Waals surface area contributed by atoms with Crippen LogP contribution in [0.5, 0.6) is 0 Å². The number of aromatic nitrogens is 1. The topological polar surface area (TPSA) is 62.7 Å². The predicted molar refractivity (Wildman–Crippen MR) is 79.7 cm³/mol. The summed E-state index contributed by atoms with van der Waals surface area (Å²) in [6, 6.07) is 9.35. The summed E-state index contributed by atoms with van der Waals surface area (Å²) in [7, 11) is 3.51. The van der Waals surface area contributed by atoms with Crippen LogP contribution in [0.25, 0.3) is 11.3 Å². The van der Waals surface area contributed by atoms with E-state index in [-0.39, 0.29) is 4.88 Å². The monoisotopic (exact) mass is 292 g/mol. The van der Waals surface area contributed by atoms with E-state index in [4.69, 9.17) is 4.74 Å².